The van der Waals surface area contributed by atoms with Gasteiger partial charge < -0.3 is 10.3 Å². The molecule has 2 N–H and O–H groups in total. The number of aromatic amines is 1. The number of fused-ring (bicyclic) bond motifs is 3. The number of rotatable bonds is 6. The molecule has 0 aliphatic heterocycles. The molecule has 36 heavy (non-hydrogen) atoms. The second-order valence-corrected chi connectivity index (χ2v) is 9.30. The van der Waals surface area contributed by atoms with E-state index in [1.54, 1.807) is 0 Å². The Morgan fingerprint density at radius 3 is 2.61 bits per heavy atom. The van der Waals surface area contributed by atoms with Crippen molar-refractivity contribution in [1.82, 2.24) is 14.5 Å². The van der Waals surface area contributed by atoms with Gasteiger partial charge in [0, 0.05) is 28.7 Å². The molecule has 1 amide bonds. The maximum Gasteiger partial charge on any atom is 0.283 e. The largest absolute Gasteiger partial charge is 0.349 e. The molecule has 9 nitrogen and oxygen atoms in total. The van der Waals surface area contributed by atoms with E-state index in [-0.39, 0.29) is 22.9 Å². The number of anilines is 1. The van der Waals surface area contributed by atoms with Gasteiger partial charge >= 0.3 is 0 Å². The van der Waals surface area contributed by atoms with Crippen molar-refractivity contribution in [2.24, 2.45) is 0 Å². The van der Waals surface area contributed by atoms with Crippen molar-refractivity contribution >= 4 is 51.0 Å². The lowest BCUT2D eigenvalue weighted by Gasteiger charge is -2.13. The van der Waals surface area contributed by atoms with Crippen LogP contribution in [0, 0.1) is 24.0 Å². The molecule has 0 bridgehead atoms. The van der Waals surface area contributed by atoms with Crippen LogP contribution in [0.15, 0.2) is 76.7 Å². The number of nitro benzene ring substituents is 1. The van der Waals surface area contributed by atoms with Crippen LogP contribution in [-0.4, -0.2) is 31.1 Å². The summed E-state index contributed by atoms with van der Waals surface area (Å²) in [4.78, 5) is 44.9. The third-order valence-corrected chi connectivity index (χ3v) is 6.75. The quantitative estimate of drug-likeness (QED) is 0.145. The highest BCUT2D eigenvalue weighted by Crippen LogP contribution is 2.27. The Bertz CT molecular complexity index is 1710. The van der Waals surface area contributed by atoms with Gasteiger partial charge in [0.1, 0.15) is 11.0 Å². The predicted octanol–water partition coefficient (Wildman–Crippen LogP) is 5.12. The zero-order chi connectivity index (χ0) is 25.4. The molecule has 0 saturated heterocycles. The number of hydrogen-bond acceptors (Lipinski definition) is 6. The molecule has 0 aliphatic rings. The highest BCUT2D eigenvalue weighted by Gasteiger charge is 2.19. The maximum atomic E-state index is 13.6. The lowest BCUT2D eigenvalue weighted by Crippen LogP contribution is -2.23. The zero-order valence-electron chi connectivity index (χ0n) is 19.4. The van der Waals surface area contributed by atoms with Gasteiger partial charge in [-0.25, -0.2) is 4.98 Å². The van der Waals surface area contributed by atoms with Crippen LogP contribution in [0.25, 0.3) is 27.6 Å². The van der Waals surface area contributed by atoms with Crippen molar-refractivity contribution in [2.75, 3.05) is 11.1 Å². The van der Waals surface area contributed by atoms with Gasteiger partial charge in [-0.1, -0.05) is 42.1 Å². The summed E-state index contributed by atoms with van der Waals surface area (Å²) in [6.45, 7) is 3.87. The summed E-state index contributed by atoms with van der Waals surface area (Å²) in [7, 11) is 0. The summed E-state index contributed by atoms with van der Waals surface area (Å²) in [6.07, 6.45) is 0. The van der Waals surface area contributed by atoms with Crippen LogP contribution < -0.4 is 10.9 Å². The Kier molecular flexibility index (Phi) is 6.03. The molecule has 3 aromatic carbocycles. The molecule has 0 aliphatic carbocycles. The molecule has 5 aromatic rings. The molecule has 0 unspecified atom stereocenters. The van der Waals surface area contributed by atoms with Gasteiger partial charge in [0.2, 0.25) is 5.91 Å². The molecule has 180 valence electrons. The van der Waals surface area contributed by atoms with E-state index in [1.165, 1.54) is 28.8 Å². The van der Waals surface area contributed by atoms with Crippen LogP contribution in [0.4, 0.5) is 11.4 Å². The fourth-order valence-electron chi connectivity index (χ4n) is 3.98. The van der Waals surface area contributed by atoms with Crippen LogP contribution >= 0.6 is 11.8 Å². The highest BCUT2D eigenvalue weighted by molar-refractivity contribution is 7.99. The molecule has 5 rings (SSSR count). The van der Waals surface area contributed by atoms with Gasteiger partial charge in [0.05, 0.1) is 16.4 Å². The average molecular weight is 500 g/mol. The Hall–Kier alpha value is -4.44. The summed E-state index contributed by atoms with van der Waals surface area (Å²) < 4.78 is 1.37. The first-order valence-electron chi connectivity index (χ1n) is 11.1. The van der Waals surface area contributed by atoms with Gasteiger partial charge in [-0.2, -0.15) is 0 Å². The molecule has 0 spiro atoms. The lowest BCUT2D eigenvalue weighted by atomic mass is 10.1. The van der Waals surface area contributed by atoms with E-state index >= 15 is 0 Å². The van der Waals surface area contributed by atoms with Crippen LogP contribution in [0.2, 0.25) is 0 Å². The molecule has 0 fully saturated rings. The van der Waals surface area contributed by atoms with Crippen molar-refractivity contribution in [3.05, 3.63) is 98.3 Å². The van der Waals surface area contributed by atoms with Crippen molar-refractivity contribution in [3.8, 4) is 5.69 Å². The number of benzene rings is 3. The fraction of sp³-hybridized carbons (Fsp3) is 0.115. The zero-order valence-corrected chi connectivity index (χ0v) is 20.3. The van der Waals surface area contributed by atoms with Crippen LogP contribution in [0.5, 0.6) is 0 Å². The molecule has 0 saturated carbocycles. The normalized spacial score (nSPS) is 11.2. The van der Waals surface area contributed by atoms with Crippen LogP contribution in [0.3, 0.4) is 0 Å². The molecule has 2 aromatic heterocycles. The molecular weight excluding hydrogens is 478 g/mol. The molecule has 0 atom stereocenters. The predicted molar refractivity (Wildman–Crippen MR) is 141 cm³/mol. The van der Waals surface area contributed by atoms with E-state index in [4.69, 9.17) is 4.98 Å². The molecular formula is C26H21N5O4S. The van der Waals surface area contributed by atoms with Gasteiger partial charge in [-0.05, 0) is 49.2 Å². The SMILES string of the molecule is Cc1ccc(C)c(NC(=O)CSc2nc3c([nH]c4ccccc43)c(=O)n2-c2ccc([N+](=O)[O-])cc2)c1. The fourth-order valence-corrected chi connectivity index (χ4v) is 4.78. The number of aromatic nitrogens is 3. The second kappa shape index (κ2) is 9.31. The highest BCUT2D eigenvalue weighted by atomic mass is 32.2. The number of para-hydroxylation sites is 1. The number of thioether (sulfide) groups is 1. The number of nitrogens with zero attached hydrogens (tertiary/aromatic N) is 3. The summed E-state index contributed by atoms with van der Waals surface area (Å²) >= 11 is 1.12. The first kappa shape index (κ1) is 23.3. The van der Waals surface area contributed by atoms with Gasteiger partial charge in [-0.15, -0.1) is 0 Å². The number of non-ortho nitro benzene ring substituents is 1. The minimum absolute atomic E-state index is 0.0145. The summed E-state index contributed by atoms with van der Waals surface area (Å²) in [5.41, 5.74) is 4.26. The average Bonchev–Trinajstić information content (AvgIpc) is 3.24. The van der Waals surface area contributed by atoms with Gasteiger partial charge in [0.15, 0.2) is 5.16 Å². The van der Waals surface area contributed by atoms with Crippen molar-refractivity contribution in [2.45, 2.75) is 19.0 Å². The third-order valence-electron chi connectivity index (χ3n) is 5.81. The Balaban J connectivity index is 1.56. The maximum absolute atomic E-state index is 13.6. The van der Waals surface area contributed by atoms with Gasteiger partial charge in [0.25, 0.3) is 11.2 Å². The Morgan fingerprint density at radius 2 is 1.86 bits per heavy atom. The summed E-state index contributed by atoms with van der Waals surface area (Å²) in [5, 5.41) is 15.1. The van der Waals surface area contributed by atoms with Crippen molar-refractivity contribution < 1.29 is 9.72 Å². The van der Waals surface area contributed by atoms with E-state index in [1.807, 2.05) is 56.3 Å². The first-order valence-corrected chi connectivity index (χ1v) is 12.1. The Labute approximate surface area is 209 Å². The third kappa shape index (κ3) is 4.34. The number of nitro groups is 1. The molecule has 0 radical (unpaired) electrons. The van der Waals surface area contributed by atoms with Crippen molar-refractivity contribution in [3.63, 3.8) is 0 Å². The monoisotopic (exact) mass is 499 g/mol. The number of aryl methyl sites for hydroxylation is 2. The number of nitrogens with one attached hydrogen (secondary N) is 2. The smallest absolute Gasteiger partial charge is 0.283 e. The number of H-pyrrole nitrogens is 1. The molecule has 10 heteroatoms. The standard InChI is InChI=1S/C26H21N5O4S/c1-15-7-8-16(2)21(13-15)27-22(32)14-36-26-29-23-19-5-3-4-6-20(19)28-24(23)25(33)30(26)17-9-11-18(12-10-17)31(34)35/h3-13,28H,14H2,1-2H3,(H,27,32). The minimum atomic E-state index is -0.501. The van der Waals surface area contributed by atoms with E-state index in [2.05, 4.69) is 10.3 Å². The van der Waals surface area contributed by atoms with Gasteiger partial charge in [-0.3, -0.25) is 24.3 Å². The number of hydrogen-bond donors (Lipinski definition) is 2. The van der Waals surface area contributed by atoms with Crippen LogP contribution in [-0.2, 0) is 4.79 Å². The van der Waals surface area contributed by atoms with E-state index in [9.17, 15) is 19.7 Å². The van der Waals surface area contributed by atoms with E-state index in [0.717, 1.165) is 39.5 Å². The number of carbonyl (C=O) groups excluding carboxylic acids is 1. The Morgan fingerprint density at radius 1 is 1.11 bits per heavy atom. The summed E-state index contributed by atoms with van der Waals surface area (Å²) in [6, 6.07) is 18.9. The first-order chi connectivity index (χ1) is 17.3. The lowest BCUT2D eigenvalue weighted by molar-refractivity contribution is -0.384. The topological polar surface area (TPSA) is 123 Å². The van der Waals surface area contributed by atoms with E-state index in [0.29, 0.717) is 21.9 Å². The van der Waals surface area contributed by atoms with Crippen LogP contribution in [0.1, 0.15) is 11.1 Å². The number of amides is 1. The molecule has 2 heterocycles. The number of carbonyl (C=O) groups is 1. The minimum Gasteiger partial charge on any atom is -0.349 e. The second-order valence-electron chi connectivity index (χ2n) is 8.36. The van der Waals surface area contributed by atoms with E-state index < -0.39 is 4.92 Å². The van der Waals surface area contributed by atoms with Crippen molar-refractivity contribution in [1.29, 1.82) is 0 Å². The summed E-state index contributed by atoms with van der Waals surface area (Å²) in [5.74, 6) is -0.224.